The van der Waals surface area contributed by atoms with Crippen molar-refractivity contribution in [1.29, 1.82) is 0 Å². The van der Waals surface area contributed by atoms with Gasteiger partial charge in [-0.2, -0.15) is 0 Å². The Bertz CT molecular complexity index is 538. The Kier molecular flexibility index (Phi) is 3.87. The summed E-state index contributed by atoms with van der Waals surface area (Å²) in [5, 5.41) is 10.0. The van der Waals surface area contributed by atoms with Crippen LogP contribution in [-0.4, -0.2) is 33.2 Å². The van der Waals surface area contributed by atoms with Crippen molar-refractivity contribution in [2.75, 3.05) is 13.0 Å². The summed E-state index contributed by atoms with van der Waals surface area (Å²) in [7, 11) is 1.35. The van der Waals surface area contributed by atoms with Crippen molar-refractivity contribution in [2.45, 2.75) is 17.3 Å². The van der Waals surface area contributed by atoms with Crippen LogP contribution in [-0.2, 0) is 9.53 Å². The van der Waals surface area contributed by atoms with Gasteiger partial charge < -0.3 is 10.6 Å². The fourth-order valence-corrected chi connectivity index (χ4v) is 2.81. The summed E-state index contributed by atoms with van der Waals surface area (Å²) >= 11 is 2.74. The topological polar surface area (TPSA) is 83.0 Å². The highest BCUT2D eigenvalue weighted by Gasteiger charge is 2.20. The number of aromatic nitrogens is 3. The van der Waals surface area contributed by atoms with Crippen LogP contribution in [0.4, 0.5) is 0 Å². The Morgan fingerprint density at radius 1 is 1.61 bits per heavy atom. The zero-order chi connectivity index (χ0) is 13.1. The minimum absolute atomic E-state index is 0.319. The molecule has 0 spiro atoms. The smallest absolute Gasteiger partial charge is 0.318 e. The molecule has 8 heteroatoms. The van der Waals surface area contributed by atoms with Crippen LogP contribution in [0.25, 0.3) is 10.7 Å². The molecule has 2 aromatic heterocycles. The Morgan fingerprint density at radius 2 is 2.39 bits per heavy atom. The Balaban J connectivity index is 2.19. The summed E-state index contributed by atoms with van der Waals surface area (Å²) in [6.07, 6.45) is 0. The van der Waals surface area contributed by atoms with Crippen LogP contribution >= 0.6 is 23.1 Å². The van der Waals surface area contributed by atoms with E-state index in [2.05, 4.69) is 14.9 Å². The number of esters is 1. The lowest BCUT2D eigenvalue weighted by atomic mass is 10.4. The number of carbonyl (C=O) groups is 1. The van der Waals surface area contributed by atoms with Gasteiger partial charge in [0, 0.05) is 0 Å². The Morgan fingerprint density at radius 3 is 3.00 bits per heavy atom. The fraction of sp³-hybridized carbons (Fsp3) is 0.300. The monoisotopic (exact) mass is 284 g/mol. The molecule has 0 aliphatic rings. The van der Waals surface area contributed by atoms with Gasteiger partial charge in [0.2, 0.25) is 5.16 Å². The first-order valence-electron chi connectivity index (χ1n) is 5.12. The van der Waals surface area contributed by atoms with Crippen LogP contribution in [0.5, 0.6) is 0 Å². The van der Waals surface area contributed by atoms with Gasteiger partial charge in [-0.15, -0.1) is 21.5 Å². The molecule has 2 N–H and O–H groups in total. The van der Waals surface area contributed by atoms with Gasteiger partial charge in [0.1, 0.15) is 5.25 Å². The predicted molar refractivity (Wildman–Crippen MR) is 70.8 cm³/mol. The highest BCUT2D eigenvalue weighted by atomic mass is 32.2. The summed E-state index contributed by atoms with van der Waals surface area (Å²) in [5.41, 5.74) is 0. The number of rotatable bonds is 4. The minimum Gasteiger partial charge on any atom is -0.468 e. The second-order valence-electron chi connectivity index (χ2n) is 3.44. The average molecular weight is 284 g/mol. The van der Waals surface area contributed by atoms with Crippen molar-refractivity contribution in [2.24, 2.45) is 0 Å². The van der Waals surface area contributed by atoms with E-state index >= 15 is 0 Å². The summed E-state index contributed by atoms with van der Waals surface area (Å²) < 4.78 is 6.03. The first kappa shape index (κ1) is 12.9. The van der Waals surface area contributed by atoms with Gasteiger partial charge >= 0.3 is 5.97 Å². The van der Waals surface area contributed by atoms with Crippen molar-refractivity contribution < 1.29 is 9.53 Å². The molecule has 1 atom stereocenters. The third-order valence-electron chi connectivity index (χ3n) is 2.22. The quantitative estimate of drug-likeness (QED) is 0.519. The summed E-state index contributed by atoms with van der Waals surface area (Å²) in [6.45, 7) is 1.73. The number of ether oxygens (including phenoxy) is 1. The van der Waals surface area contributed by atoms with Crippen LogP contribution in [0.3, 0.4) is 0 Å². The molecule has 0 radical (unpaired) electrons. The molecule has 2 rings (SSSR count). The molecule has 0 saturated carbocycles. The van der Waals surface area contributed by atoms with E-state index in [4.69, 9.17) is 5.84 Å². The molecule has 0 aromatic carbocycles. The molecule has 0 aliphatic carbocycles. The molecule has 2 heterocycles. The zero-order valence-electron chi connectivity index (χ0n) is 9.86. The third-order valence-corrected chi connectivity index (χ3v) is 4.12. The number of thioether (sulfide) groups is 1. The number of hydrogen-bond acceptors (Lipinski definition) is 7. The van der Waals surface area contributed by atoms with Crippen LogP contribution in [0.15, 0.2) is 22.7 Å². The summed E-state index contributed by atoms with van der Waals surface area (Å²) in [4.78, 5) is 12.3. The van der Waals surface area contributed by atoms with Crippen LogP contribution < -0.4 is 5.84 Å². The molecule has 0 bridgehead atoms. The van der Waals surface area contributed by atoms with E-state index in [1.165, 1.54) is 34.9 Å². The Labute approximate surface area is 112 Å². The molecular weight excluding hydrogens is 272 g/mol. The number of methoxy groups -OCH3 is 1. The maximum atomic E-state index is 11.3. The van der Waals surface area contributed by atoms with Gasteiger partial charge in [-0.25, -0.2) is 4.68 Å². The van der Waals surface area contributed by atoms with E-state index in [1.54, 1.807) is 6.92 Å². The molecule has 6 nitrogen and oxygen atoms in total. The highest BCUT2D eigenvalue weighted by Crippen LogP contribution is 2.27. The summed E-state index contributed by atoms with van der Waals surface area (Å²) in [6, 6.07) is 3.83. The van der Waals surface area contributed by atoms with Gasteiger partial charge in [-0.05, 0) is 18.4 Å². The number of nitrogen functional groups attached to an aromatic ring is 1. The fourth-order valence-electron chi connectivity index (χ4n) is 1.30. The van der Waals surface area contributed by atoms with E-state index < -0.39 is 0 Å². The number of thiophene rings is 1. The summed E-state index contributed by atoms with van der Waals surface area (Å²) in [5.74, 6) is 6.18. The van der Waals surface area contributed by atoms with E-state index in [9.17, 15) is 4.79 Å². The second-order valence-corrected chi connectivity index (χ2v) is 5.69. The second kappa shape index (κ2) is 5.40. The lowest BCUT2D eigenvalue weighted by molar-refractivity contribution is -0.139. The van der Waals surface area contributed by atoms with Crippen molar-refractivity contribution in [3.8, 4) is 10.7 Å². The molecule has 0 saturated heterocycles. The van der Waals surface area contributed by atoms with Crippen molar-refractivity contribution >= 4 is 29.1 Å². The van der Waals surface area contributed by atoms with Crippen molar-refractivity contribution in [1.82, 2.24) is 14.9 Å². The first-order chi connectivity index (χ1) is 8.63. The highest BCUT2D eigenvalue weighted by molar-refractivity contribution is 8.00. The lowest BCUT2D eigenvalue weighted by Crippen LogP contribution is -2.18. The third kappa shape index (κ3) is 2.49. The SMILES string of the molecule is COC(=O)C(C)Sc1nnc(-c2cccs2)n1N. The molecule has 0 aliphatic heterocycles. The molecular formula is C10H12N4O2S2. The normalized spacial score (nSPS) is 12.3. The molecule has 1 unspecified atom stereocenters. The first-order valence-corrected chi connectivity index (χ1v) is 6.88. The molecule has 0 amide bonds. The zero-order valence-corrected chi connectivity index (χ0v) is 11.5. The van der Waals surface area contributed by atoms with E-state index in [-0.39, 0.29) is 11.2 Å². The van der Waals surface area contributed by atoms with Gasteiger partial charge in [0.05, 0.1) is 12.0 Å². The molecule has 0 fully saturated rings. The maximum absolute atomic E-state index is 11.3. The molecule has 96 valence electrons. The van der Waals surface area contributed by atoms with E-state index in [0.717, 1.165) is 4.88 Å². The molecule has 18 heavy (non-hydrogen) atoms. The number of carbonyl (C=O) groups excluding carboxylic acids is 1. The van der Waals surface area contributed by atoms with Gasteiger partial charge in [-0.1, -0.05) is 17.8 Å². The van der Waals surface area contributed by atoms with Crippen molar-refractivity contribution in [3.63, 3.8) is 0 Å². The lowest BCUT2D eigenvalue weighted by Gasteiger charge is -2.07. The number of nitrogens with two attached hydrogens (primary N) is 1. The largest absolute Gasteiger partial charge is 0.468 e. The van der Waals surface area contributed by atoms with Gasteiger partial charge in [0.15, 0.2) is 5.82 Å². The standard InChI is InChI=1S/C10H12N4O2S2/c1-6(9(15)16-2)18-10-13-12-8(14(10)11)7-4-3-5-17-7/h3-6H,11H2,1-2H3. The Hall–Kier alpha value is -1.54. The van der Waals surface area contributed by atoms with E-state index in [0.29, 0.717) is 11.0 Å². The van der Waals surface area contributed by atoms with Gasteiger partial charge in [0.25, 0.3) is 0 Å². The van der Waals surface area contributed by atoms with E-state index in [1.807, 2.05) is 17.5 Å². The minimum atomic E-state index is -0.377. The van der Waals surface area contributed by atoms with Crippen LogP contribution in [0, 0.1) is 0 Å². The maximum Gasteiger partial charge on any atom is 0.318 e. The van der Waals surface area contributed by atoms with Crippen molar-refractivity contribution in [3.05, 3.63) is 17.5 Å². The van der Waals surface area contributed by atoms with Crippen LogP contribution in [0.2, 0.25) is 0 Å². The molecule has 2 aromatic rings. The number of nitrogens with zero attached hydrogens (tertiary/aromatic N) is 3. The van der Waals surface area contributed by atoms with Gasteiger partial charge in [-0.3, -0.25) is 4.79 Å². The predicted octanol–water partition coefficient (Wildman–Crippen LogP) is 1.37. The van der Waals surface area contributed by atoms with Crippen LogP contribution in [0.1, 0.15) is 6.92 Å². The average Bonchev–Trinajstić information content (AvgIpc) is 2.99. The number of hydrogen-bond donors (Lipinski definition) is 1.